The van der Waals surface area contributed by atoms with E-state index in [1.165, 1.54) is 7.11 Å². The lowest BCUT2D eigenvalue weighted by Gasteiger charge is -2.12. The third-order valence-electron chi connectivity index (χ3n) is 1.99. The molecule has 0 aliphatic heterocycles. The molecule has 0 radical (unpaired) electrons. The topological polar surface area (TPSA) is 35.5 Å². The van der Waals surface area contributed by atoms with Gasteiger partial charge in [-0.3, -0.25) is 0 Å². The van der Waals surface area contributed by atoms with E-state index >= 15 is 0 Å². The van der Waals surface area contributed by atoms with Crippen LogP contribution in [0.25, 0.3) is 0 Å². The molecule has 0 fully saturated rings. The van der Waals surface area contributed by atoms with Crippen LogP contribution in [0.3, 0.4) is 0 Å². The maximum absolute atomic E-state index is 11.1. The van der Waals surface area contributed by atoms with E-state index in [0.717, 1.165) is 5.56 Å². The van der Waals surface area contributed by atoms with Gasteiger partial charge in [-0.05, 0) is 31.5 Å². The molecule has 0 heterocycles. The third-order valence-corrected chi connectivity index (χ3v) is 2.40. The highest BCUT2D eigenvalue weighted by atomic mass is 35.5. The molecule has 82 valence electrons. The maximum atomic E-state index is 11.1. The lowest BCUT2D eigenvalue weighted by Crippen LogP contribution is -2.24. The van der Waals surface area contributed by atoms with E-state index in [0.29, 0.717) is 10.8 Å². The van der Waals surface area contributed by atoms with Crippen molar-refractivity contribution in [2.24, 2.45) is 0 Å². The number of benzene rings is 1. The van der Waals surface area contributed by atoms with Gasteiger partial charge in [0.1, 0.15) is 5.75 Å². The van der Waals surface area contributed by atoms with Crippen molar-refractivity contribution in [2.45, 2.75) is 20.0 Å². The molecule has 0 bridgehead atoms. The number of halogens is 1. The average molecular weight is 229 g/mol. The van der Waals surface area contributed by atoms with Crippen LogP contribution in [0.2, 0.25) is 5.02 Å². The molecule has 1 atom stereocenters. The summed E-state index contributed by atoms with van der Waals surface area (Å²) in [5.41, 5.74) is 0.967. The van der Waals surface area contributed by atoms with Crippen molar-refractivity contribution in [1.82, 2.24) is 0 Å². The van der Waals surface area contributed by atoms with Gasteiger partial charge in [0, 0.05) is 5.02 Å². The monoisotopic (exact) mass is 228 g/mol. The van der Waals surface area contributed by atoms with Gasteiger partial charge in [-0.2, -0.15) is 0 Å². The van der Waals surface area contributed by atoms with Crippen molar-refractivity contribution in [3.8, 4) is 5.75 Å². The second kappa shape index (κ2) is 5.03. The molecule has 1 aromatic rings. The number of methoxy groups -OCH3 is 1. The van der Waals surface area contributed by atoms with E-state index in [-0.39, 0.29) is 0 Å². The van der Waals surface area contributed by atoms with Crippen LogP contribution >= 0.6 is 11.6 Å². The number of rotatable bonds is 3. The smallest absolute Gasteiger partial charge is 0.346 e. The first-order valence-corrected chi connectivity index (χ1v) is 4.93. The van der Waals surface area contributed by atoms with Gasteiger partial charge in [-0.25, -0.2) is 4.79 Å². The lowest BCUT2D eigenvalue weighted by atomic mass is 10.2. The number of hydrogen-bond donors (Lipinski definition) is 0. The zero-order valence-corrected chi connectivity index (χ0v) is 9.67. The Bertz CT molecular complexity index is 363. The van der Waals surface area contributed by atoms with Gasteiger partial charge in [-0.1, -0.05) is 17.7 Å². The van der Waals surface area contributed by atoms with E-state index < -0.39 is 12.1 Å². The quantitative estimate of drug-likeness (QED) is 0.746. The highest BCUT2D eigenvalue weighted by Gasteiger charge is 2.14. The molecule has 1 rings (SSSR count). The summed E-state index contributed by atoms with van der Waals surface area (Å²) in [6, 6.07) is 5.28. The summed E-state index contributed by atoms with van der Waals surface area (Å²) in [4.78, 5) is 11.1. The van der Waals surface area contributed by atoms with Crippen LogP contribution in [-0.2, 0) is 9.53 Å². The molecule has 0 aromatic heterocycles. The molecule has 0 N–H and O–H groups in total. The Kier molecular flexibility index (Phi) is 3.97. The van der Waals surface area contributed by atoms with Crippen molar-refractivity contribution in [3.63, 3.8) is 0 Å². The minimum atomic E-state index is -0.631. The summed E-state index contributed by atoms with van der Waals surface area (Å²) >= 11 is 5.91. The standard InChI is InChI=1S/C11H13ClO3/c1-7-4-5-9(6-10(7)12)15-8(2)11(13)14-3/h4-6,8H,1-3H3. The van der Waals surface area contributed by atoms with Crippen LogP contribution in [0.5, 0.6) is 5.75 Å². The van der Waals surface area contributed by atoms with Gasteiger partial charge in [0.15, 0.2) is 6.10 Å². The Hall–Kier alpha value is -1.22. The van der Waals surface area contributed by atoms with Gasteiger partial charge >= 0.3 is 5.97 Å². The van der Waals surface area contributed by atoms with Gasteiger partial charge in [0.2, 0.25) is 0 Å². The predicted octanol–water partition coefficient (Wildman–Crippen LogP) is 2.59. The molecule has 0 saturated heterocycles. The van der Waals surface area contributed by atoms with E-state index in [4.69, 9.17) is 16.3 Å². The Labute approximate surface area is 93.9 Å². The zero-order valence-electron chi connectivity index (χ0n) is 8.91. The maximum Gasteiger partial charge on any atom is 0.346 e. The molecular formula is C11H13ClO3. The molecule has 15 heavy (non-hydrogen) atoms. The summed E-state index contributed by atoms with van der Waals surface area (Å²) in [5, 5.41) is 0.615. The molecule has 0 spiro atoms. The Balaban J connectivity index is 2.73. The summed E-state index contributed by atoms with van der Waals surface area (Å²) in [6.45, 7) is 3.52. The second-order valence-electron chi connectivity index (χ2n) is 3.19. The van der Waals surface area contributed by atoms with Gasteiger partial charge in [0.05, 0.1) is 7.11 Å². The van der Waals surface area contributed by atoms with E-state index in [2.05, 4.69) is 4.74 Å². The van der Waals surface area contributed by atoms with E-state index in [1.54, 1.807) is 19.1 Å². The Morgan fingerprint density at radius 2 is 2.13 bits per heavy atom. The van der Waals surface area contributed by atoms with Gasteiger partial charge in [-0.15, -0.1) is 0 Å². The summed E-state index contributed by atoms with van der Waals surface area (Å²) < 4.78 is 9.89. The Morgan fingerprint density at radius 1 is 1.47 bits per heavy atom. The van der Waals surface area contributed by atoms with Crippen LogP contribution in [-0.4, -0.2) is 19.2 Å². The predicted molar refractivity (Wildman–Crippen MR) is 58.3 cm³/mol. The number of aryl methyl sites for hydroxylation is 1. The minimum Gasteiger partial charge on any atom is -0.479 e. The van der Waals surface area contributed by atoms with Gasteiger partial charge in [0.25, 0.3) is 0 Å². The van der Waals surface area contributed by atoms with E-state index in [9.17, 15) is 4.79 Å². The molecule has 1 aromatic carbocycles. The minimum absolute atomic E-state index is 0.410. The summed E-state index contributed by atoms with van der Waals surface area (Å²) in [6.07, 6.45) is -0.631. The first-order chi connectivity index (χ1) is 7.04. The number of esters is 1. The largest absolute Gasteiger partial charge is 0.479 e. The average Bonchev–Trinajstić information content (AvgIpc) is 2.22. The fourth-order valence-electron chi connectivity index (χ4n) is 1.07. The molecule has 0 amide bonds. The van der Waals surface area contributed by atoms with Crippen LogP contribution < -0.4 is 4.74 Å². The number of carbonyl (C=O) groups excluding carboxylic acids is 1. The normalized spacial score (nSPS) is 12.0. The van der Waals surface area contributed by atoms with Gasteiger partial charge < -0.3 is 9.47 Å². The molecule has 1 unspecified atom stereocenters. The number of carbonyl (C=O) groups is 1. The van der Waals surface area contributed by atoms with Crippen molar-refractivity contribution in [2.75, 3.05) is 7.11 Å². The van der Waals surface area contributed by atoms with Crippen molar-refractivity contribution in [1.29, 1.82) is 0 Å². The van der Waals surface area contributed by atoms with Crippen LogP contribution in [0, 0.1) is 6.92 Å². The van der Waals surface area contributed by atoms with Crippen LogP contribution in [0.4, 0.5) is 0 Å². The fourth-order valence-corrected chi connectivity index (χ4v) is 1.24. The molecule has 0 aliphatic rings. The first-order valence-electron chi connectivity index (χ1n) is 4.55. The second-order valence-corrected chi connectivity index (χ2v) is 3.60. The zero-order chi connectivity index (χ0) is 11.4. The van der Waals surface area contributed by atoms with E-state index in [1.807, 2.05) is 13.0 Å². The highest BCUT2D eigenvalue weighted by Crippen LogP contribution is 2.22. The number of hydrogen-bond acceptors (Lipinski definition) is 3. The molecule has 3 nitrogen and oxygen atoms in total. The van der Waals surface area contributed by atoms with Crippen molar-refractivity contribution in [3.05, 3.63) is 28.8 Å². The summed E-state index contributed by atoms with van der Waals surface area (Å²) in [5.74, 6) is 0.148. The van der Waals surface area contributed by atoms with Crippen molar-refractivity contribution < 1.29 is 14.3 Å². The highest BCUT2D eigenvalue weighted by molar-refractivity contribution is 6.31. The van der Waals surface area contributed by atoms with Crippen molar-refractivity contribution >= 4 is 17.6 Å². The lowest BCUT2D eigenvalue weighted by molar-refractivity contribution is -0.147. The third kappa shape index (κ3) is 3.13. The van der Waals surface area contributed by atoms with Crippen LogP contribution in [0.1, 0.15) is 12.5 Å². The molecule has 4 heteroatoms. The molecular weight excluding hydrogens is 216 g/mol. The SMILES string of the molecule is COC(=O)C(C)Oc1ccc(C)c(Cl)c1. The van der Waals surface area contributed by atoms with Crippen LogP contribution in [0.15, 0.2) is 18.2 Å². The summed E-state index contributed by atoms with van der Waals surface area (Å²) in [7, 11) is 1.32. The number of ether oxygens (including phenoxy) is 2. The molecule has 0 aliphatic carbocycles. The molecule has 0 saturated carbocycles. The first kappa shape index (κ1) is 11.9. The fraction of sp³-hybridized carbons (Fsp3) is 0.364. The Morgan fingerprint density at radius 3 is 2.67 bits per heavy atom.